The van der Waals surface area contributed by atoms with E-state index in [2.05, 4.69) is 21.4 Å². The predicted molar refractivity (Wildman–Crippen MR) is 129 cm³/mol. The number of nitrogens with zero attached hydrogens (tertiary/aromatic N) is 1. The summed E-state index contributed by atoms with van der Waals surface area (Å²) in [7, 11) is 1.44. The molecule has 1 aromatic heterocycles. The van der Waals surface area contributed by atoms with Crippen molar-refractivity contribution in [2.75, 3.05) is 73.1 Å². The standard InChI is InChI=1S/C23H32N4O9/c1-3-8-32-11-13-34-15-16-35-14-12-33-9-6-21(28)24-7-10-36-19-5-4-18(17-20(19)31-2)27-22(29)25-26-23(27)30/h1,4-5,17H,6-16H2,2H3,(H,24,28)(H,25,29)(H,26,30). The molecule has 0 radical (unpaired) electrons. The molecule has 3 N–H and O–H groups in total. The molecule has 0 bridgehead atoms. The number of hydrogen-bond acceptors (Lipinski definition) is 9. The number of carbonyl (C=O) groups is 1. The molecule has 0 unspecified atom stereocenters. The molecule has 1 amide bonds. The van der Waals surface area contributed by atoms with E-state index in [1.54, 1.807) is 12.1 Å². The normalized spacial score (nSPS) is 10.7. The summed E-state index contributed by atoms with van der Waals surface area (Å²) in [6, 6.07) is 4.63. The van der Waals surface area contributed by atoms with Gasteiger partial charge in [-0.25, -0.2) is 24.4 Å². The van der Waals surface area contributed by atoms with Crippen LogP contribution >= 0.6 is 0 Å². The number of H-pyrrole nitrogens is 2. The second-order valence-electron chi connectivity index (χ2n) is 7.07. The minimum Gasteiger partial charge on any atom is -0.493 e. The van der Waals surface area contributed by atoms with E-state index < -0.39 is 11.4 Å². The lowest BCUT2D eigenvalue weighted by Crippen LogP contribution is -2.29. The van der Waals surface area contributed by atoms with Gasteiger partial charge in [0.15, 0.2) is 11.5 Å². The summed E-state index contributed by atoms with van der Waals surface area (Å²) in [5.74, 6) is 2.94. The van der Waals surface area contributed by atoms with Gasteiger partial charge in [0, 0.05) is 12.5 Å². The number of carbonyl (C=O) groups excluding carboxylic acids is 1. The Balaban J connectivity index is 1.52. The third-order valence-electron chi connectivity index (χ3n) is 4.54. The van der Waals surface area contributed by atoms with Gasteiger partial charge >= 0.3 is 11.4 Å². The average Bonchev–Trinajstić information content (AvgIpc) is 3.22. The van der Waals surface area contributed by atoms with Gasteiger partial charge < -0.3 is 33.7 Å². The Hall–Kier alpha value is -3.57. The first-order valence-electron chi connectivity index (χ1n) is 11.3. The highest BCUT2D eigenvalue weighted by Gasteiger charge is 2.11. The minimum atomic E-state index is -0.598. The number of hydrogen-bond donors (Lipinski definition) is 3. The summed E-state index contributed by atoms with van der Waals surface area (Å²) >= 11 is 0. The van der Waals surface area contributed by atoms with Gasteiger partial charge in [-0.3, -0.25) is 4.79 Å². The maximum atomic E-state index is 11.9. The van der Waals surface area contributed by atoms with Crippen LogP contribution < -0.4 is 26.2 Å². The summed E-state index contributed by atoms with van der Waals surface area (Å²) in [4.78, 5) is 35.4. The Labute approximate surface area is 208 Å². The molecule has 13 nitrogen and oxygen atoms in total. The monoisotopic (exact) mass is 508 g/mol. The second-order valence-corrected chi connectivity index (χ2v) is 7.07. The van der Waals surface area contributed by atoms with Crippen LogP contribution in [0.5, 0.6) is 11.5 Å². The number of terminal acetylenes is 1. The van der Waals surface area contributed by atoms with Gasteiger partial charge in [-0.1, -0.05) is 5.92 Å². The summed E-state index contributed by atoms with van der Waals surface area (Å²) < 4.78 is 33.0. The average molecular weight is 509 g/mol. The molecule has 0 saturated heterocycles. The van der Waals surface area contributed by atoms with Crippen molar-refractivity contribution in [1.29, 1.82) is 0 Å². The van der Waals surface area contributed by atoms with Crippen molar-refractivity contribution in [3.05, 3.63) is 39.2 Å². The van der Waals surface area contributed by atoms with E-state index in [1.807, 2.05) is 0 Å². The van der Waals surface area contributed by atoms with Crippen LogP contribution in [0.4, 0.5) is 0 Å². The smallest absolute Gasteiger partial charge is 0.348 e. The minimum absolute atomic E-state index is 0.173. The lowest BCUT2D eigenvalue weighted by Gasteiger charge is -2.12. The molecule has 0 aliphatic carbocycles. The quantitative estimate of drug-likeness (QED) is 0.167. The van der Waals surface area contributed by atoms with Crippen molar-refractivity contribution in [1.82, 2.24) is 20.1 Å². The van der Waals surface area contributed by atoms with E-state index in [0.29, 0.717) is 56.8 Å². The highest BCUT2D eigenvalue weighted by Crippen LogP contribution is 2.28. The molecule has 0 aliphatic heterocycles. The summed E-state index contributed by atoms with van der Waals surface area (Å²) in [6.45, 7) is 3.59. The number of aromatic nitrogens is 3. The highest BCUT2D eigenvalue weighted by molar-refractivity contribution is 5.75. The molecule has 2 aromatic rings. The molecule has 0 atom stereocenters. The first kappa shape index (κ1) is 28.7. The summed E-state index contributed by atoms with van der Waals surface area (Å²) in [6.07, 6.45) is 5.27. The van der Waals surface area contributed by atoms with E-state index in [9.17, 15) is 14.4 Å². The van der Waals surface area contributed by atoms with Crippen molar-refractivity contribution >= 4 is 5.91 Å². The molecule has 0 aliphatic rings. The van der Waals surface area contributed by atoms with Crippen molar-refractivity contribution in [3.8, 4) is 29.5 Å². The molecule has 0 fully saturated rings. The van der Waals surface area contributed by atoms with Gasteiger partial charge in [-0.05, 0) is 12.1 Å². The zero-order valence-electron chi connectivity index (χ0n) is 20.2. The number of aromatic amines is 2. The molecule has 198 valence electrons. The van der Waals surface area contributed by atoms with Crippen LogP contribution in [0.2, 0.25) is 0 Å². The maximum absolute atomic E-state index is 11.9. The van der Waals surface area contributed by atoms with Gasteiger partial charge in [0.25, 0.3) is 0 Å². The summed E-state index contributed by atoms with van der Waals surface area (Å²) in [5, 5.41) is 7.15. The number of nitrogens with one attached hydrogen (secondary N) is 3. The third kappa shape index (κ3) is 10.4. The zero-order valence-corrected chi connectivity index (χ0v) is 20.2. The van der Waals surface area contributed by atoms with Crippen LogP contribution in [0.15, 0.2) is 27.8 Å². The van der Waals surface area contributed by atoms with Crippen molar-refractivity contribution in [2.24, 2.45) is 0 Å². The summed E-state index contributed by atoms with van der Waals surface area (Å²) in [5.41, 5.74) is -0.876. The lowest BCUT2D eigenvalue weighted by molar-refractivity contribution is -0.122. The first-order valence-corrected chi connectivity index (χ1v) is 11.3. The third-order valence-corrected chi connectivity index (χ3v) is 4.54. The van der Waals surface area contributed by atoms with Crippen LogP contribution in [-0.4, -0.2) is 93.8 Å². The van der Waals surface area contributed by atoms with Crippen LogP contribution in [0.25, 0.3) is 5.69 Å². The van der Waals surface area contributed by atoms with Gasteiger partial charge in [0.2, 0.25) is 5.91 Å². The fourth-order valence-electron chi connectivity index (χ4n) is 2.86. The molecule has 0 spiro atoms. The molecular weight excluding hydrogens is 476 g/mol. The van der Waals surface area contributed by atoms with E-state index in [0.717, 1.165) is 4.57 Å². The van der Waals surface area contributed by atoms with E-state index in [4.69, 9.17) is 34.8 Å². The van der Waals surface area contributed by atoms with Gasteiger partial charge in [-0.2, -0.15) is 0 Å². The van der Waals surface area contributed by atoms with Gasteiger partial charge in [0.05, 0.1) is 65.6 Å². The Kier molecular flexibility index (Phi) is 13.5. The van der Waals surface area contributed by atoms with E-state index in [-0.39, 0.29) is 38.7 Å². The Morgan fingerprint density at radius 3 is 2.14 bits per heavy atom. The van der Waals surface area contributed by atoms with Crippen LogP contribution in [0, 0.1) is 12.3 Å². The Morgan fingerprint density at radius 2 is 1.53 bits per heavy atom. The van der Waals surface area contributed by atoms with Crippen molar-refractivity contribution in [3.63, 3.8) is 0 Å². The molecule has 0 saturated carbocycles. The largest absolute Gasteiger partial charge is 0.493 e. The molecule has 2 rings (SSSR count). The molecule has 1 aromatic carbocycles. The van der Waals surface area contributed by atoms with E-state index >= 15 is 0 Å². The Morgan fingerprint density at radius 1 is 0.917 bits per heavy atom. The lowest BCUT2D eigenvalue weighted by atomic mass is 10.2. The Bertz CT molecular complexity index is 1040. The number of methoxy groups -OCH3 is 1. The number of rotatable bonds is 19. The molecule has 1 heterocycles. The molecule has 13 heteroatoms. The van der Waals surface area contributed by atoms with Crippen LogP contribution in [0.1, 0.15) is 6.42 Å². The highest BCUT2D eigenvalue weighted by atomic mass is 16.6. The molecular formula is C23H32N4O9. The van der Waals surface area contributed by atoms with Crippen molar-refractivity contribution in [2.45, 2.75) is 6.42 Å². The van der Waals surface area contributed by atoms with Crippen molar-refractivity contribution < 1.29 is 33.2 Å². The van der Waals surface area contributed by atoms with Crippen LogP contribution in [0.3, 0.4) is 0 Å². The zero-order chi connectivity index (χ0) is 26.0. The van der Waals surface area contributed by atoms with Gasteiger partial charge in [0.1, 0.15) is 13.2 Å². The number of ether oxygens (including phenoxy) is 6. The fourth-order valence-corrected chi connectivity index (χ4v) is 2.86. The maximum Gasteiger partial charge on any atom is 0.348 e. The number of amides is 1. The fraction of sp³-hybridized carbons (Fsp3) is 0.522. The van der Waals surface area contributed by atoms with E-state index in [1.165, 1.54) is 13.2 Å². The van der Waals surface area contributed by atoms with Crippen LogP contribution in [-0.2, 0) is 23.7 Å². The number of benzene rings is 1. The molecule has 36 heavy (non-hydrogen) atoms. The topological polar surface area (TPSA) is 155 Å². The van der Waals surface area contributed by atoms with Gasteiger partial charge in [-0.15, -0.1) is 6.42 Å². The SMILES string of the molecule is C#CCOCCOCCOCCOCCC(=O)NCCOc1ccc(-n2c(=O)[nH][nH]c2=O)cc1OC. The predicted octanol–water partition coefficient (Wildman–Crippen LogP) is -0.553. The first-order chi connectivity index (χ1) is 17.6. The second kappa shape index (κ2) is 17.0.